The van der Waals surface area contributed by atoms with Crippen molar-refractivity contribution in [3.05, 3.63) is 34.3 Å². The number of thioether (sulfide) groups is 1. The molecule has 3 rings (SSSR count). The molecule has 0 saturated heterocycles. The summed E-state index contributed by atoms with van der Waals surface area (Å²) in [5, 5.41) is 3.26. The van der Waals surface area contributed by atoms with Crippen molar-refractivity contribution in [1.82, 2.24) is 4.98 Å². The molecule has 1 aliphatic rings. The number of ketones is 1. The standard InChI is InChI=1S/C18H20N2O3S2/c1-18(2)8-12-15(13(21)9-18)25-17(19-12)20-16(22)11-6-5-10(24-4)7-14(11)23-3/h5-7H,8-9H2,1-4H3,(H,19,20,22). The lowest BCUT2D eigenvalue weighted by Crippen LogP contribution is -2.26. The summed E-state index contributed by atoms with van der Waals surface area (Å²) in [6.07, 6.45) is 3.22. The molecule has 5 nitrogen and oxygen atoms in total. The van der Waals surface area contributed by atoms with Crippen LogP contribution >= 0.6 is 23.1 Å². The van der Waals surface area contributed by atoms with Crippen LogP contribution in [0.2, 0.25) is 0 Å². The molecule has 25 heavy (non-hydrogen) atoms. The van der Waals surface area contributed by atoms with Crippen LogP contribution in [0.25, 0.3) is 0 Å². The van der Waals surface area contributed by atoms with Crippen LogP contribution in [-0.4, -0.2) is 30.0 Å². The van der Waals surface area contributed by atoms with Crippen LogP contribution in [-0.2, 0) is 6.42 Å². The van der Waals surface area contributed by atoms with Gasteiger partial charge in [0.15, 0.2) is 10.9 Å². The third kappa shape index (κ3) is 3.72. The molecule has 1 aromatic heterocycles. The summed E-state index contributed by atoms with van der Waals surface area (Å²) >= 11 is 2.83. The number of carbonyl (C=O) groups is 2. The molecule has 1 aromatic carbocycles. The Kier molecular flexibility index (Phi) is 4.88. The van der Waals surface area contributed by atoms with E-state index in [0.717, 1.165) is 17.0 Å². The van der Waals surface area contributed by atoms with E-state index in [1.54, 1.807) is 24.9 Å². The first kappa shape index (κ1) is 17.9. The zero-order valence-electron chi connectivity index (χ0n) is 14.6. The highest BCUT2D eigenvalue weighted by Crippen LogP contribution is 2.38. The Morgan fingerprint density at radius 1 is 1.36 bits per heavy atom. The molecule has 1 N–H and O–H groups in total. The number of nitrogens with one attached hydrogen (secondary N) is 1. The van der Waals surface area contributed by atoms with Gasteiger partial charge in [-0.05, 0) is 36.3 Å². The Bertz CT molecular complexity index is 843. The molecule has 1 heterocycles. The average molecular weight is 377 g/mol. The van der Waals surface area contributed by atoms with Gasteiger partial charge in [-0.1, -0.05) is 25.2 Å². The number of benzene rings is 1. The summed E-state index contributed by atoms with van der Waals surface area (Å²) in [7, 11) is 1.54. The number of rotatable bonds is 4. The number of hydrogen-bond donors (Lipinski definition) is 1. The Morgan fingerprint density at radius 2 is 2.12 bits per heavy atom. The van der Waals surface area contributed by atoms with Gasteiger partial charge in [0.1, 0.15) is 5.75 Å². The van der Waals surface area contributed by atoms with Gasteiger partial charge in [-0.2, -0.15) is 0 Å². The second-order valence-electron chi connectivity index (χ2n) is 6.76. The van der Waals surface area contributed by atoms with E-state index >= 15 is 0 Å². The predicted octanol–water partition coefficient (Wildman–Crippen LogP) is 4.28. The third-order valence-corrected chi connectivity index (χ3v) is 5.89. The van der Waals surface area contributed by atoms with E-state index in [0.29, 0.717) is 27.7 Å². The summed E-state index contributed by atoms with van der Waals surface area (Å²) < 4.78 is 5.33. The lowest BCUT2D eigenvalue weighted by atomic mass is 9.78. The second-order valence-corrected chi connectivity index (χ2v) is 8.63. The fourth-order valence-electron chi connectivity index (χ4n) is 2.92. The third-order valence-electron chi connectivity index (χ3n) is 4.11. The van der Waals surface area contributed by atoms with E-state index in [1.165, 1.54) is 11.3 Å². The minimum atomic E-state index is -0.290. The first-order valence-corrected chi connectivity index (χ1v) is 9.93. The molecule has 0 aliphatic heterocycles. The molecule has 1 aliphatic carbocycles. The number of methoxy groups -OCH3 is 1. The lowest BCUT2D eigenvalue weighted by molar-refractivity contribution is 0.0915. The Labute approximate surface area is 155 Å². The fraction of sp³-hybridized carbons (Fsp3) is 0.389. The van der Waals surface area contributed by atoms with E-state index in [2.05, 4.69) is 24.1 Å². The molecule has 0 atom stereocenters. The van der Waals surface area contributed by atoms with Gasteiger partial charge in [0, 0.05) is 11.3 Å². The molecule has 0 bridgehead atoms. The molecule has 132 valence electrons. The highest BCUT2D eigenvalue weighted by molar-refractivity contribution is 7.98. The summed E-state index contributed by atoms with van der Waals surface area (Å²) in [5.74, 6) is 0.330. The molecular formula is C18H20N2O3S2. The maximum Gasteiger partial charge on any atom is 0.261 e. The monoisotopic (exact) mass is 376 g/mol. The van der Waals surface area contributed by atoms with Crippen LogP contribution < -0.4 is 10.1 Å². The number of anilines is 1. The van der Waals surface area contributed by atoms with Crippen molar-refractivity contribution >= 4 is 39.9 Å². The molecule has 0 unspecified atom stereocenters. The number of nitrogens with zero attached hydrogens (tertiary/aromatic N) is 1. The second kappa shape index (κ2) is 6.80. The van der Waals surface area contributed by atoms with Gasteiger partial charge in [-0.25, -0.2) is 4.98 Å². The summed E-state index contributed by atoms with van der Waals surface area (Å²) in [5.41, 5.74) is 1.14. The van der Waals surface area contributed by atoms with Crippen molar-refractivity contribution < 1.29 is 14.3 Å². The van der Waals surface area contributed by atoms with Crippen molar-refractivity contribution in [1.29, 1.82) is 0 Å². The first-order chi connectivity index (χ1) is 11.8. The van der Waals surface area contributed by atoms with E-state index < -0.39 is 0 Å². The molecule has 0 spiro atoms. The molecular weight excluding hydrogens is 356 g/mol. The molecule has 0 saturated carbocycles. The van der Waals surface area contributed by atoms with E-state index in [1.807, 2.05) is 18.4 Å². The average Bonchev–Trinajstić information content (AvgIpc) is 2.95. The van der Waals surface area contributed by atoms with Gasteiger partial charge in [-0.15, -0.1) is 11.8 Å². The Balaban J connectivity index is 1.84. The minimum absolute atomic E-state index is 0.0870. The minimum Gasteiger partial charge on any atom is -0.496 e. The quantitative estimate of drug-likeness (QED) is 0.807. The maximum atomic E-state index is 12.6. The SMILES string of the molecule is COc1cc(SC)ccc1C(=O)Nc1nc2c(s1)C(=O)CC(C)(C)C2. The lowest BCUT2D eigenvalue weighted by Gasteiger charge is -2.26. The molecule has 0 fully saturated rings. The molecule has 1 amide bonds. The van der Waals surface area contributed by atoms with Crippen molar-refractivity contribution in [2.24, 2.45) is 5.41 Å². The normalized spacial score (nSPS) is 15.6. The number of thiazole rings is 1. The zero-order valence-corrected chi connectivity index (χ0v) is 16.3. The summed E-state index contributed by atoms with van der Waals surface area (Å²) in [6.45, 7) is 4.12. The van der Waals surface area contributed by atoms with Gasteiger partial charge in [0.05, 0.1) is 23.2 Å². The predicted molar refractivity (Wildman–Crippen MR) is 101 cm³/mol. The fourth-order valence-corrected chi connectivity index (χ4v) is 4.27. The molecule has 2 aromatic rings. The van der Waals surface area contributed by atoms with Crippen LogP contribution in [0.1, 0.15) is 46.0 Å². The van der Waals surface area contributed by atoms with E-state index in [9.17, 15) is 9.59 Å². The van der Waals surface area contributed by atoms with Crippen LogP contribution in [0.15, 0.2) is 23.1 Å². The smallest absolute Gasteiger partial charge is 0.261 e. The topological polar surface area (TPSA) is 68.3 Å². The van der Waals surface area contributed by atoms with Gasteiger partial charge in [-0.3, -0.25) is 14.9 Å². The number of ether oxygens (including phenoxy) is 1. The van der Waals surface area contributed by atoms with Crippen molar-refractivity contribution in [3.63, 3.8) is 0 Å². The number of hydrogen-bond acceptors (Lipinski definition) is 6. The highest BCUT2D eigenvalue weighted by atomic mass is 32.2. The molecule has 7 heteroatoms. The van der Waals surface area contributed by atoms with E-state index in [-0.39, 0.29) is 17.1 Å². The highest BCUT2D eigenvalue weighted by Gasteiger charge is 2.34. The Morgan fingerprint density at radius 3 is 2.80 bits per heavy atom. The van der Waals surface area contributed by atoms with Gasteiger partial charge < -0.3 is 4.74 Å². The number of fused-ring (bicyclic) bond motifs is 1. The van der Waals surface area contributed by atoms with Gasteiger partial charge in [0.2, 0.25) is 0 Å². The first-order valence-electron chi connectivity index (χ1n) is 7.89. The molecule has 0 radical (unpaired) electrons. The van der Waals surface area contributed by atoms with Crippen molar-refractivity contribution in [2.75, 3.05) is 18.7 Å². The van der Waals surface area contributed by atoms with Gasteiger partial charge >= 0.3 is 0 Å². The number of amides is 1. The van der Waals surface area contributed by atoms with Crippen molar-refractivity contribution in [3.8, 4) is 5.75 Å². The maximum absolute atomic E-state index is 12.6. The number of Topliss-reactive ketones (excluding diaryl/α,β-unsaturated/α-hetero) is 1. The largest absolute Gasteiger partial charge is 0.496 e. The van der Waals surface area contributed by atoms with Crippen molar-refractivity contribution in [2.45, 2.75) is 31.6 Å². The number of carbonyl (C=O) groups excluding carboxylic acids is 2. The Hall–Kier alpha value is -1.86. The summed E-state index contributed by atoms with van der Waals surface area (Å²) in [6, 6.07) is 5.45. The van der Waals surface area contributed by atoms with Crippen LogP contribution in [0.4, 0.5) is 5.13 Å². The van der Waals surface area contributed by atoms with Crippen LogP contribution in [0, 0.1) is 5.41 Å². The van der Waals surface area contributed by atoms with Gasteiger partial charge in [0.25, 0.3) is 5.91 Å². The summed E-state index contributed by atoms with van der Waals surface area (Å²) in [4.78, 5) is 31.0. The zero-order chi connectivity index (χ0) is 18.2. The van der Waals surface area contributed by atoms with E-state index in [4.69, 9.17) is 4.74 Å². The number of aromatic nitrogens is 1. The van der Waals surface area contributed by atoms with Crippen LogP contribution in [0.3, 0.4) is 0 Å². The van der Waals surface area contributed by atoms with Crippen LogP contribution in [0.5, 0.6) is 5.75 Å².